The van der Waals surface area contributed by atoms with Gasteiger partial charge in [0.1, 0.15) is 24.0 Å². The van der Waals surface area contributed by atoms with Crippen LogP contribution in [0.2, 0.25) is 0 Å². The number of carbonyl (C=O) groups excluding carboxylic acids is 2. The number of rotatable bonds is 9. The van der Waals surface area contributed by atoms with Crippen molar-refractivity contribution in [1.29, 1.82) is 5.41 Å². The van der Waals surface area contributed by atoms with Crippen molar-refractivity contribution in [3.8, 4) is 17.2 Å². The number of amides is 2. The molecule has 5 rings (SSSR count). The highest BCUT2D eigenvalue weighted by atomic mass is 32.2. The fraction of sp³-hybridized carbons (Fsp3) is 0.296. The van der Waals surface area contributed by atoms with E-state index in [2.05, 4.69) is 10.1 Å². The van der Waals surface area contributed by atoms with Crippen LogP contribution in [0.15, 0.2) is 64.2 Å². The van der Waals surface area contributed by atoms with E-state index in [-0.39, 0.29) is 23.7 Å². The number of likely N-dealkylation sites (tertiary alicyclic amines) is 1. The number of para-hydroxylation sites is 2. The van der Waals surface area contributed by atoms with Gasteiger partial charge in [-0.1, -0.05) is 24.3 Å². The minimum Gasteiger partial charge on any atom is -0.493 e. The van der Waals surface area contributed by atoms with Gasteiger partial charge in [-0.15, -0.1) is 0 Å². The number of hydrogen-bond acceptors (Lipinski definition) is 8. The molecule has 0 radical (unpaired) electrons. The zero-order valence-electron chi connectivity index (χ0n) is 20.9. The predicted molar refractivity (Wildman–Crippen MR) is 146 cm³/mol. The van der Waals surface area contributed by atoms with E-state index < -0.39 is 5.91 Å². The summed E-state index contributed by atoms with van der Waals surface area (Å²) in [5, 5.41) is 15.1. The summed E-state index contributed by atoms with van der Waals surface area (Å²) in [7, 11) is 1.59. The number of thioether (sulfide) groups is 1. The monoisotopic (exact) mass is 533 g/mol. The Kier molecular flexibility index (Phi) is 7.73. The van der Waals surface area contributed by atoms with Gasteiger partial charge in [0.05, 0.1) is 19.1 Å². The molecule has 0 saturated carbocycles. The van der Waals surface area contributed by atoms with E-state index in [1.165, 1.54) is 16.8 Å². The SMILES string of the molecule is COc1ccccc1OCCOc1ccc(/C=C2/C(=N)N3N=C(CC(=O)N4CCCC4)SC3=NC2=O)cc1. The average Bonchev–Trinajstić information content (AvgIpc) is 3.61. The fourth-order valence-electron chi connectivity index (χ4n) is 4.19. The third-order valence-corrected chi connectivity index (χ3v) is 7.04. The molecule has 0 aliphatic carbocycles. The lowest BCUT2D eigenvalue weighted by atomic mass is 10.1. The molecule has 3 heterocycles. The van der Waals surface area contributed by atoms with E-state index >= 15 is 0 Å². The average molecular weight is 534 g/mol. The summed E-state index contributed by atoms with van der Waals surface area (Å²) in [6, 6.07) is 14.6. The molecular weight excluding hydrogens is 506 g/mol. The van der Waals surface area contributed by atoms with Crippen molar-refractivity contribution >= 4 is 45.7 Å². The number of methoxy groups -OCH3 is 1. The molecule has 3 aliphatic rings. The smallest absolute Gasteiger partial charge is 0.283 e. The van der Waals surface area contributed by atoms with E-state index in [0.717, 1.165) is 31.5 Å². The summed E-state index contributed by atoms with van der Waals surface area (Å²) in [5.74, 6) is 1.39. The Labute approximate surface area is 224 Å². The van der Waals surface area contributed by atoms with Gasteiger partial charge in [0.2, 0.25) is 11.1 Å². The number of amidine groups is 2. The van der Waals surface area contributed by atoms with Crippen molar-refractivity contribution in [2.24, 2.45) is 10.1 Å². The Bertz CT molecular complexity index is 1330. The van der Waals surface area contributed by atoms with Crippen LogP contribution in [-0.4, -0.2) is 71.2 Å². The highest BCUT2D eigenvalue weighted by Gasteiger charge is 2.36. The molecule has 0 aromatic heterocycles. The van der Waals surface area contributed by atoms with Gasteiger partial charge in [-0.3, -0.25) is 15.0 Å². The zero-order valence-corrected chi connectivity index (χ0v) is 21.7. The fourth-order valence-corrected chi connectivity index (χ4v) is 5.06. The number of fused-ring (bicyclic) bond motifs is 1. The summed E-state index contributed by atoms with van der Waals surface area (Å²) >= 11 is 1.17. The van der Waals surface area contributed by atoms with Crippen LogP contribution >= 0.6 is 11.8 Å². The van der Waals surface area contributed by atoms with E-state index in [1.54, 1.807) is 37.5 Å². The van der Waals surface area contributed by atoms with Crippen molar-refractivity contribution < 1.29 is 23.8 Å². The standard InChI is InChI=1S/C27H27N5O5S/c1-35-21-6-2-3-7-22(21)37-15-14-36-19-10-8-18(9-11-19)16-20-25(28)32-27(29-26(20)34)38-23(30-32)17-24(33)31-12-4-5-13-31/h2-3,6-11,16,28H,4-5,12-15,17H2,1H3/b20-16-,28-25?. The first kappa shape index (κ1) is 25.5. The van der Waals surface area contributed by atoms with Gasteiger partial charge in [-0.05, 0) is 60.5 Å². The number of ether oxygens (including phenoxy) is 3. The summed E-state index contributed by atoms with van der Waals surface area (Å²) in [5.41, 5.74) is 0.846. The Morgan fingerprint density at radius 3 is 2.50 bits per heavy atom. The maximum atomic E-state index is 12.7. The number of hydrazone groups is 1. The van der Waals surface area contributed by atoms with Gasteiger partial charge >= 0.3 is 0 Å². The van der Waals surface area contributed by atoms with Crippen LogP contribution in [0.5, 0.6) is 17.2 Å². The molecule has 0 spiro atoms. The second kappa shape index (κ2) is 11.5. The largest absolute Gasteiger partial charge is 0.493 e. The molecule has 2 amide bonds. The van der Waals surface area contributed by atoms with Gasteiger partial charge in [0.25, 0.3) is 5.91 Å². The quantitative estimate of drug-likeness (QED) is 0.385. The molecule has 38 heavy (non-hydrogen) atoms. The number of nitrogens with one attached hydrogen (secondary N) is 1. The maximum Gasteiger partial charge on any atom is 0.283 e. The highest BCUT2D eigenvalue weighted by Crippen LogP contribution is 2.30. The topological polar surface area (TPSA) is 117 Å². The lowest BCUT2D eigenvalue weighted by molar-refractivity contribution is -0.128. The van der Waals surface area contributed by atoms with E-state index in [9.17, 15) is 9.59 Å². The summed E-state index contributed by atoms with van der Waals surface area (Å²) in [4.78, 5) is 31.1. The highest BCUT2D eigenvalue weighted by molar-refractivity contribution is 8.27. The van der Waals surface area contributed by atoms with Crippen molar-refractivity contribution in [2.75, 3.05) is 33.4 Å². The Morgan fingerprint density at radius 1 is 1.05 bits per heavy atom. The molecular formula is C27H27N5O5S. The molecule has 196 valence electrons. The number of aliphatic imine (C=N–C) groups is 1. The normalized spacial score (nSPS) is 17.9. The molecule has 10 nitrogen and oxygen atoms in total. The van der Waals surface area contributed by atoms with Crippen molar-refractivity contribution in [3.05, 3.63) is 59.7 Å². The lowest BCUT2D eigenvalue weighted by Gasteiger charge is -2.20. The van der Waals surface area contributed by atoms with E-state index in [4.69, 9.17) is 19.6 Å². The number of hydrogen-bond donors (Lipinski definition) is 1. The number of carbonyl (C=O) groups is 2. The third-order valence-electron chi connectivity index (χ3n) is 6.13. The molecule has 0 atom stereocenters. The number of nitrogens with zero attached hydrogens (tertiary/aromatic N) is 4. The van der Waals surface area contributed by atoms with Gasteiger partial charge < -0.3 is 19.1 Å². The second-order valence-electron chi connectivity index (χ2n) is 8.70. The van der Waals surface area contributed by atoms with Crippen molar-refractivity contribution in [2.45, 2.75) is 19.3 Å². The first-order valence-electron chi connectivity index (χ1n) is 12.3. The van der Waals surface area contributed by atoms with E-state index in [0.29, 0.717) is 40.7 Å². The summed E-state index contributed by atoms with van der Waals surface area (Å²) < 4.78 is 16.7. The Morgan fingerprint density at radius 2 is 1.76 bits per heavy atom. The summed E-state index contributed by atoms with van der Waals surface area (Å²) in [6.45, 7) is 2.22. The van der Waals surface area contributed by atoms with Crippen molar-refractivity contribution in [1.82, 2.24) is 9.91 Å². The lowest BCUT2D eigenvalue weighted by Crippen LogP contribution is -2.35. The summed E-state index contributed by atoms with van der Waals surface area (Å²) in [6.07, 6.45) is 3.78. The first-order valence-corrected chi connectivity index (χ1v) is 13.1. The first-order chi connectivity index (χ1) is 18.5. The van der Waals surface area contributed by atoms with Gasteiger partial charge in [-0.2, -0.15) is 15.1 Å². The Balaban J connectivity index is 1.17. The van der Waals surface area contributed by atoms with Crippen LogP contribution < -0.4 is 14.2 Å². The van der Waals surface area contributed by atoms with Gasteiger partial charge in [-0.25, -0.2) is 0 Å². The molecule has 1 fully saturated rings. The van der Waals surface area contributed by atoms with Crippen LogP contribution in [0.1, 0.15) is 24.8 Å². The maximum absolute atomic E-state index is 12.7. The van der Waals surface area contributed by atoms with E-state index in [1.807, 2.05) is 29.2 Å². The molecule has 1 saturated heterocycles. The number of benzene rings is 2. The molecule has 2 aromatic rings. The Hall–Kier alpha value is -4.12. The van der Waals surface area contributed by atoms with Crippen LogP contribution in [0.4, 0.5) is 0 Å². The zero-order chi connectivity index (χ0) is 26.5. The van der Waals surface area contributed by atoms with Gasteiger partial charge in [0.15, 0.2) is 17.3 Å². The minimum atomic E-state index is -0.509. The predicted octanol–water partition coefficient (Wildman–Crippen LogP) is 3.78. The van der Waals surface area contributed by atoms with Crippen LogP contribution in [0, 0.1) is 5.41 Å². The molecule has 0 unspecified atom stereocenters. The molecule has 0 bridgehead atoms. The van der Waals surface area contributed by atoms with Crippen molar-refractivity contribution in [3.63, 3.8) is 0 Å². The molecule has 3 aliphatic heterocycles. The van der Waals surface area contributed by atoms with Crippen LogP contribution in [-0.2, 0) is 9.59 Å². The molecule has 2 aromatic carbocycles. The van der Waals surface area contributed by atoms with Gasteiger partial charge in [0, 0.05) is 13.1 Å². The van der Waals surface area contributed by atoms with Crippen LogP contribution in [0.3, 0.4) is 0 Å². The molecule has 11 heteroatoms. The van der Waals surface area contributed by atoms with Crippen LogP contribution in [0.25, 0.3) is 6.08 Å². The minimum absolute atomic E-state index is 0.0106. The molecule has 1 N–H and O–H groups in total. The third kappa shape index (κ3) is 5.72. The second-order valence-corrected chi connectivity index (χ2v) is 9.74.